The molecule has 0 bridgehead atoms. The molecule has 0 unspecified atom stereocenters. The molecule has 2 aromatic carbocycles. The van der Waals surface area contributed by atoms with Crippen molar-refractivity contribution >= 4 is 15.7 Å². The summed E-state index contributed by atoms with van der Waals surface area (Å²) >= 11 is 0. The van der Waals surface area contributed by atoms with E-state index in [4.69, 9.17) is 9.47 Å². The Morgan fingerprint density at radius 2 is 1.64 bits per heavy atom. The van der Waals surface area contributed by atoms with E-state index in [9.17, 15) is 18.4 Å². The van der Waals surface area contributed by atoms with Crippen LogP contribution in [0.2, 0.25) is 0 Å². The third-order valence-electron chi connectivity index (χ3n) is 4.06. The fourth-order valence-corrected chi connectivity index (χ4v) is 3.19. The second-order valence-corrected chi connectivity index (χ2v) is 8.37. The van der Waals surface area contributed by atoms with Gasteiger partial charge in [0.2, 0.25) is 0 Å². The van der Waals surface area contributed by atoms with Crippen molar-refractivity contribution in [1.82, 2.24) is 5.06 Å². The van der Waals surface area contributed by atoms with Crippen molar-refractivity contribution in [2.24, 2.45) is 0 Å². The van der Waals surface area contributed by atoms with Crippen molar-refractivity contribution in [3.8, 4) is 5.75 Å². The molecule has 8 heteroatoms. The molecule has 2 rings (SSSR count). The van der Waals surface area contributed by atoms with E-state index in [2.05, 4.69) is 0 Å². The van der Waals surface area contributed by atoms with Gasteiger partial charge in [0.25, 0.3) is 5.91 Å². The van der Waals surface area contributed by atoms with Crippen molar-refractivity contribution in [3.63, 3.8) is 0 Å². The predicted molar refractivity (Wildman–Crippen MR) is 104 cm³/mol. The zero-order chi connectivity index (χ0) is 20.7. The summed E-state index contributed by atoms with van der Waals surface area (Å²) in [5, 5.41) is 9.86. The first-order valence-electron chi connectivity index (χ1n) is 8.79. The number of nitrogens with zero attached hydrogens (tertiary/aromatic N) is 1. The number of carbonyl (C=O) groups is 1. The molecule has 1 atom stereocenters. The fraction of sp³-hybridized carbons (Fsp3) is 0.350. The van der Waals surface area contributed by atoms with Gasteiger partial charge < -0.3 is 9.47 Å². The van der Waals surface area contributed by atoms with Crippen molar-refractivity contribution in [2.45, 2.75) is 31.0 Å². The lowest BCUT2D eigenvalue weighted by atomic mass is 10.1. The van der Waals surface area contributed by atoms with Crippen molar-refractivity contribution < 1.29 is 27.9 Å². The summed E-state index contributed by atoms with van der Waals surface area (Å²) < 4.78 is 34.1. The maximum atomic E-state index is 11.9. The Hall–Kier alpha value is -2.42. The highest BCUT2D eigenvalue weighted by Crippen LogP contribution is 2.17. The van der Waals surface area contributed by atoms with Crippen LogP contribution in [0.5, 0.6) is 5.75 Å². The minimum atomic E-state index is -3.21. The summed E-state index contributed by atoms with van der Waals surface area (Å²) in [6.07, 6.45) is 0.757. The van der Waals surface area contributed by atoms with E-state index in [0.717, 1.165) is 11.1 Å². The summed E-state index contributed by atoms with van der Waals surface area (Å²) in [4.78, 5) is 12.2. The van der Waals surface area contributed by atoms with Crippen LogP contribution < -0.4 is 4.74 Å². The molecule has 0 spiro atoms. The zero-order valence-corrected chi connectivity index (χ0v) is 17.0. The number of amides is 1. The number of ether oxygens (including phenoxy) is 2. The predicted octanol–water partition coefficient (Wildman–Crippen LogP) is 2.46. The fourth-order valence-electron chi connectivity index (χ4n) is 2.56. The van der Waals surface area contributed by atoms with Crippen LogP contribution >= 0.6 is 0 Å². The monoisotopic (exact) mass is 407 g/mol. The van der Waals surface area contributed by atoms with E-state index in [1.807, 2.05) is 12.1 Å². The van der Waals surface area contributed by atoms with Crippen LogP contribution in [0.25, 0.3) is 0 Å². The number of hydroxylamine groups is 2. The van der Waals surface area contributed by atoms with Crippen molar-refractivity contribution in [1.29, 1.82) is 0 Å². The highest BCUT2D eigenvalue weighted by atomic mass is 32.2. The molecule has 1 amide bonds. The average Bonchev–Trinajstić information content (AvgIpc) is 2.66. The van der Waals surface area contributed by atoms with Gasteiger partial charge in [0.05, 0.1) is 4.90 Å². The van der Waals surface area contributed by atoms with Gasteiger partial charge in [-0.1, -0.05) is 24.3 Å². The Morgan fingerprint density at radius 1 is 1.07 bits per heavy atom. The standard InChI is InChI=1S/C20H25NO6S/c1-4-26-19(20(22)21(2)23)13-15-5-9-17(10-6-15)27-14-16-7-11-18(12-8-16)28(3,24)25/h5-12,19,23H,4,13-14H2,1-3H3/t19-/m0/s1. The lowest BCUT2D eigenvalue weighted by Crippen LogP contribution is -2.37. The Morgan fingerprint density at radius 3 is 2.14 bits per heavy atom. The van der Waals surface area contributed by atoms with E-state index in [1.54, 1.807) is 43.3 Å². The zero-order valence-electron chi connectivity index (χ0n) is 16.2. The van der Waals surface area contributed by atoms with E-state index < -0.39 is 21.8 Å². The normalized spacial score (nSPS) is 12.4. The van der Waals surface area contributed by atoms with Crippen molar-refractivity contribution in [2.75, 3.05) is 19.9 Å². The molecule has 0 aromatic heterocycles. The van der Waals surface area contributed by atoms with Gasteiger partial charge in [-0.25, -0.2) is 13.5 Å². The number of sulfone groups is 1. The molecule has 0 saturated heterocycles. The number of hydrogen-bond acceptors (Lipinski definition) is 6. The SMILES string of the molecule is CCO[C@@H](Cc1ccc(OCc2ccc(S(C)(=O)=O)cc2)cc1)C(=O)N(C)O. The number of likely N-dealkylation sites (N-methyl/N-ethyl adjacent to an activating group) is 1. The second-order valence-electron chi connectivity index (χ2n) is 6.36. The lowest BCUT2D eigenvalue weighted by molar-refractivity contribution is -0.171. The smallest absolute Gasteiger partial charge is 0.275 e. The Labute approximate surface area is 165 Å². The van der Waals surface area contributed by atoms with Crippen LogP contribution in [-0.4, -0.2) is 50.6 Å². The van der Waals surface area contributed by atoms with Gasteiger partial charge in [0.1, 0.15) is 18.5 Å². The molecule has 1 N–H and O–H groups in total. The maximum Gasteiger partial charge on any atom is 0.275 e. The molecular weight excluding hydrogens is 382 g/mol. The summed E-state index contributed by atoms with van der Waals surface area (Å²) in [6.45, 7) is 2.46. The first kappa shape index (κ1) is 21.9. The van der Waals surface area contributed by atoms with Gasteiger partial charge in [0, 0.05) is 26.3 Å². The van der Waals surface area contributed by atoms with Gasteiger partial charge in [-0.15, -0.1) is 0 Å². The minimum absolute atomic E-state index is 0.271. The average molecular weight is 407 g/mol. The van der Waals surface area contributed by atoms with Crippen LogP contribution in [0.1, 0.15) is 18.1 Å². The highest BCUT2D eigenvalue weighted by molar-refractivity contribution is 7.90. The Bertz CT molecular complexity index is 876. The molecule has 0 aliphatic rings. The summed E-state index contributed by atoms with van der Waals surface area (Å²) in [5.74, 6) is 0.147. The molecular formula is C20H25NO6S. The number of rotatable bonds is 9. The third-order valence-corrected chi connectivity index (χ3v) is 5.19. The van der Waals surface area contributed by atoms with Crippen LogP contribution in [0, 0.1) is 0 Å². The molecule has 0 radical (unpaired) electrons. The lowest BCUT2D eigenvalue weighted by Gasteiger charge is -2.19. The van der Waals surface area contributed by atoms with Crippen LogP contribution in [0.4, 0.5) is 0 Å². The van der Waals surface area contributed by atoms with E-state index in [-0.39, 0.29) is 4.90 Å². The topological polar surface area (TPSA) is 93.1 Å². The number of benzene rings is 2. The van der Waals surface area contributed by atoms with Gasteiger partial charge in [-0.2, -0.15) is 0 Å². The molecule has 0 fully saturated rings. The van der Waals surface area contributed by atoms with E-state index in [0.29, 0.717) is 30.4 Å². The molecule has 0 heterocycles. The molecule has 28 heavy (non-hydrogen) atoms. The highest BCUT2D eigenvalue weighted by Gasteiger charge is 2.22. The number of hydrogen-bond donors (Lipinski definition) is 1. The largest absolute Gasteiger partial charge is 0.489 e. The minimum Gasteiger partial charge on any atom is -0.489 e. The van der Waals surface area contributed by atoms with Crippen LogP contribution in [0.15, 0.2) is 53.4 Å². The Kier molecular flexibility index (Phi) is 7.56. The van der Waals surface area contributed by atoms with Gasteiger partial charge >= 0.3 is 0 Å². The molecule has 0 aliphatic carbocycles. The summed E-state index contributed by atoms with van der Waals surface area (Å²) in [6, 6.07) is 13.8. The molecule has 0 aliphatic heterocycles. The quantitative estimate of drug-likeness (QED) is 0.507. The maximum absolute atomic E-state index is 11.9. The van der Waals surface area contributed by atoms with Crippen LogP contribution in [-0.2, 0) is 32.4 Å². The molecule has 7 nitrogen and oxygen atoms in total. The van der Waals surface area contributed by atoms with E-state index in [1.165, 1.54) is 13.3 Å². The van der Waals surface area contributed by atoms with Gasteiger partial charge in [0.15, 0.2) is 9.84 Å². The van der Waals surface area contributed by atoms with Crippen molar-refractivity contribution in [3.05, 3.63) is 59.7 Å². The van der Waals surface area contributed by atoms with Gasteiger partial charge in [-0.05, 0) is 42.3 Å². The summed E-state index contributed by atoms with van der Waals surface area (Å²) in [5.41, 5.74) is 1.72. The molecule has 2 aromatic rings. The van der Waals surface area contributed by atoms with E-state index >= 15 is 0 Å². The number of carbonyl (C=O) groups excluding carboxylic acids is 1. The first-order chi connectivity index (χ1) is 13.2. The molecule has 0 saturated carbocycles. The first-order valence-corrected chi connectivity index (χ1v) is 10.7. The van der Waals surface area contributed by atoms with Gasteiger partial charge in [-0.3, -0.25) is 10.0 Å². The van der Waals surface area contributed by atoms with Crippen LogP contribution in [0.3, 0.4) is 0 Å². The molecule has 152 valence electrons. The second kappa shape index (κ2) is 9.68. The Balaban J connectivity index is 1.96. The summed E-state index contributed by atoms with van der Waals surface area (Å²) in [7, 11) is -1.94. The third kappa shape index (κ3) is 6.33.